The van der Waals surface area contributed by atoms with Gasteiger partial charge in [-0.1, -0.05) is 25.3 Å². The second kappa shape index (κ2) is 6.46. The molecular formula is C19H26N2O3. The van der Waals surface area contributed by atoms with E-state index in [4.69, 9.17) is 4.74 Å². The highest BCUT2D eigenvalue weighted by Crippen LogP contribution is 2.51. The lowest BCUT2D eigenvalue weighted by atomic mass is 9.61. The maximum atomic E-state index is 13.0. The number of β-lactam (4-membered cyclic amide) rings is 1. The van der Waals surface area contributed by atoms with Crippen LogP contribution in [0.15, 0.2) is 24.3 Å². The molecule has 1 heterocycles. The van der Waals surface area contributed by atoms with Gasteiger partial charge in [-0.15, -0.1) is 0 Å². The molecule has 1 atom stereocenters. The van der Waals surface area contributed by atoms with Crippen molar-refractivity contribution in [2.45, 2.75) is 58.0 Å². The highest BCUT2D eigenvalue weighted by molar-refractivity contribution is 6.07. The molecule has 0 aromatic heterocycles. The third-order valence-electron chi connectivity index (χ3n) is 5.35. The van der Waals surface area contributed by atoms with Crippen LogP contribution in [-0.4, -0.2) is 35.9 Å². The van der Waals surface area contributed by atoms with Crippen molar-refractivity contribution in [1.82, 2.24) is 4.90 Å². The minimum Gasteiger partial charge on any atom is -0.497 e. The number of benzene rings is 1. The number of hydrogen-bond acceptors (Lipinski definition) is 3. The van der Waals surface area contributed by atoms with Gasteiger partial charge in [0.1, 0.15) is 11.8 Å². The smallest absolute Gasteiger partial charge is 0.248 e. The summed E-state index contributed by atoms with van der Waals surface area (Å²) in [5.41, 5.74) is 0.222. The number of carbonyl (C=O) groups is 2. The van der Waals surface area contributed by atoms with Gasteiger partial charge in [0, 0.05) is 17.8 Å². The van der Waals surface area contributed by atoms with E-state index in [1.165, 1.54) is 0 Å². The van der Waals surface area contributed by atoms with Crippen LogP contribution in [-0.2, 0) is 9.59 Å². The molecule has 2 fully saturated rings. The van der Waals surface area contributed by atoms with Crippen molar-refractivity contribution in [1.29, 1.82) is 0 Å². The lowest BCUT2D eigenvalue weighted by Crippen LogP contribution is -2.74. The molecule has 3 rings (SSSR count). The molecule has 130 valence electrons. The average Bonchev–Trinajstić information content (AvgIpc) is 2.59. The summed E-state index contributed by atoms with van der Waals surface area (Å²) in [4.78, 5) is 27.5. The summed E-state index contributed by atoms with van der Waals surface area (Å²) in [5.74, 6) is 0.770. The van der Waals surface area contributed by atoms with Gasteiger partial charge in [0.2, 0.25) is 11.8 Å². The van der Waals surface area contributed by atoms with E-state index < -0.39 is 5.41 Å². The van der Waals surface area contributed by atoms with Gasteiger partial charge < -0.3 is 15.0 Å². The van der Waals surface area contributed by atoms with Crippen molar-refractivity contribution in [2.75, 3.05) is 12.4 Å². The number of carbonyl (C=O) groups excluding carboxylic acids is 2. The molecule has 1 unspecified atom stereocenters. The summed E-state index contributed by atoms with van der Waals surface area (Å²) in [6, 6.07) is 6.99. The van der Waals surface area contributed by atoms with Crippen LogP contribution in [0, 0.1) is 5.41 Å². The van der Waals surface area contributed by atoms with Gasteiger partial charge in [-0.05, 0) is 38.8 Å². The summed E-state index contributed by atoms with van der Waals surface area (Å²) in [6.45, 7) is 3.94. The van der Waals surface area contributed by atoms with E-state index in [9.17, 15) is 9.59 Å². The molecule has 0 bridgehead atoms. The van der Waals surface area contributed by atoms with Crippen molar-refractivity contribution in [3.8, 4) is 5.75 Å². The Morgan fingerprint density at radius 1 is 1.29 bits per heavy atom. The van der Waals surface area contributed by atoms with Crippen LogP contribution in [0.3, 0.4) is 0 Å². The summed E-state index contributed by atoms with van der Waals surface area (Å²) in [5, 5.41) is 2.98. The Balaban J connectivity index is 1.83. The molecule has 1 saturated heterocycles. The monoisotopic (exact) mass is 330 g/mol. The predicted octanol–water partition coefficient (Wildman–Crippen LogP) is 3.20. The fraction of sp³-hybridized carbons (Fsp3) is 0.579. The second-order valence-corrected chi connectivity index (χ2v) is 7.15. The Hall–Kier alpha value is -2.04. The van der Waals surface area contributed by atoms with Crippen molar-refractivity contribution in [3.05, 3.63) is 24.3 Å². The van der Waals surface area contributed by atoms with Gasteiger partial charge in [0.25, 0.3) is 0 Å². The maximum absolute atomic E-state index is 13.0. The first-order chi connectivity index (χ1) is 11.5. The lowest BCUT2D eigenvalue weighted by Gasteiger charge is -2.58. The third kappa shape index (κ3) is 2.66. The first kappa shape index (κ1) is 16.8. The number of ether oxygens (including phenoxy) is 1. The molecule has 1 N–H and O–H groups in total. The van der Waals surface area contributed by atoms with Crippen LogP contribution in [0.2, 0.25) is 0 Å². The Labute approximate surface area is 143 Å². The van der Waals surface area contributed by atoms with E-state index in [2.05, 4.69) is 5.32 Å². The fourth-order valence-electron chi connectivity index (χ4n) is 4.18. The van der Waals surface area contributed by atoms with Gasteiger partial charge in [0.15, 0.2) is 0 Å². The highest BCUT2D eigenvalue weighted by atomic mass is 16.5. The van der Waals surface area contributed by atoms with Gasteiger partial charge in [-0.3, -0.25) is 9.59 Å². The van der Waals surface area contributed by atoms with Crippen molar-refractivity contribution in [3.63, 3.8) is 0 Å². The molecule has 1 aromatic rings. The van der Waals surface area contributed by atoms with E-state index in [-0.39, 0.29) is 23.9 Å². The quantitative estimate of drug-likeness (QED) is 0.863. The molecule has 2 aliphatic rings. The van der Waals surface area contributed by atoms with Crippen LogP contribution >= 0.6 is 0 Å². The van der Waals surface area contributed by atoms with Crippen molar-refractivity contribution >= 4 is 17.5 Å². The van der Waals surface area contributed by atoms with Crippen LogP contribution in [0.25, 0.3) is 0 Å². The lowest BCUT2D eigenvalue weighted by molar-refractivity contribution is -0.184. The number of nitrogens with zero attached hydrogens (tertiary/aromatic N) is 1. The van der Waals surface area contributed by atoms with E-state index in [1.807, 2.05) is 32.0 Å². The molecule has 1 aromatic carbocycles. The molecule has 5 heteroatoms. The first-order valence-electron chi connectivity index (χ1n) is 8.77. The largest absolute Gasteiger partial charge is 0.497 e. The normalized spacial score (nSPS) is 22.4. The Kier molecular flexibility index (Phi) is 4.52. The van der Waals surface area contributed by atoms with Crippen molar-refractivity contribution in [2.24, 2.45) is 5.41 Å². The first-order valence-corrected chi connectivity index (χ1v) is 8.77. The summed E-state index contributed by atoms with van der Waals surface area (Å²) >= 11 is 0. The van der Waals surface area contributed by atoms with Crippen LogP contribution < -0.4 is 10.1 Å². The summed E-state index contributed by atoms with van der Waals surface area (Å²) < 4.78 is 5.21. The Morgan fingerprint density at radius 3 is 2.62 bits per heavy atom. The van der Waals surface area contributed by atoms with Gasteiger partial charge in [0.05, 0.1) is 12.5 Å². The molecule has 1 spiro atoms. The number of rotatable bonds is 4. The third-order valence-corrected chi connectivity index (χ3v) is 5.35. The molecular weight excluding hydrogens is 304 g/mol. The van der Waals surface area contributed by atoms with Gasteiger partial charge in [-0.2, -0.15) is 0 Å². The Bertz CT molecular complexity index is 635. The van der Waals surface area contributed by atoms with E-state index >= 15 is 0 Å². The molecule has 1 aliphatic heterocycles. The van der Waals surface area contributed by atoms with Crippen molar-refractivity contribution < 1.29 is 14.3 Å². The molecule has 24 heavy (non-hydrogen) atoms. The zero-order valence-electron chi connectivity index (χ0n) is 14.7. The molecule has 0 radical (unpaired) electrons. The minimum atomic E-state index is -0.481. The number of amides is 2. The van der Waals surface area contributed by atoms with Gasteiger partial charge in [-0.25, -0.2) is 0 Å². The number of nitrogens with one attached hydrogen (secondary N) is 1. The van der Waals surface area contributed by atoms with Crippen LogP contribution in [0.1, 0.15) is 46.0 Å². The van der Waals surface area contributed by atoms with Crippen LogP contribution in [0.4, 0.5) is 5.69 Å². The van der Waals surface area contributed by atoms with Gasteiger partial charge >= 0.3 is 0 Å². The van der Waals surface area contributed by atoms with E-state index in [1.54, 1.807) is 18.1 Å². The zero-order valence-corrected chi connectivity index (χ0v) is 14.7. The summed E-state index contributed by atoms with van der Waals surface area (Å²) in [7, 11) is 1.60. The molecule has 5 nitrogen and oxygen atoms in total. The number of hydrogen-bond donors (Lipinski definition) is 1. The van der Waals surface area contributed by atoms with E-state index in [0.717, 1.165) is 32.1 Å². The highest BCUT2D eigenvalue weighted by Gasteiger charge is 2.63. The number of anilines is 1. The minimum absolute atomic E-state index is 0.0334. The molecule has 1 saturated carbocycles. The second-order valence-electron chi connectivity index (χ2n) is 7.15. The summed E-state index contributed by atoms with van der Waals surface area (Å²) in [6.07, 6.45) is 4.86. The Morgan fingerprint density at radius 2 is 2.00 bits per heavy atom. The maximum Gasteiger partial charge on any atom is 0.248 e. The average molecular weight is 330 g/mol. The fourth-order valence-corrected chi connectivity index (χ4v) is 4.18. The SMILES string of the molecule is COc1cccc(NC(=O)C2N(C(C)C)C(=O)C23CCCCC3)c1. The van der Waals surface area contributed by atoms with E-state index in [0.29, 0.717) is 11.4 Å². The number of likely N-dealkylation sites (tertiary alicyclic amines) is 1. The standard InChI is InChI=1S/C19H26N2O3/c1-13(2)21-16(19(18(21)23)10-5-4-6-11-19)17(22)20-14-8-7-9-15(12-14)24-3/h7-9,12-13,16H,4-6,10-11H2,1-3H3,(H,20,22). The topological polar surface area (TPSA) is 58.6 Å². The van der Waals surface area contributed by atoms with Crippen LogP contribution in [0.5, 0.6) is 5.75 Å². The molecule has 2 amide bonds. The number of methoxy groups -OCH3 is 1. The zero-order chi connectivity index (χ0) is 17.3. The molecule has 1 aliphatic carbocycles. The predicted molar refractivity (Wildman–Crippen MR) is 92.9 cm³/mol.